The monoisotopic (exact) mass is 365 g/mol. The quantitative estimate of drug-likeness (QED) is 0.686. The van der Waals surface area contributed by atoms with Crippen LogP contribution in [-0.4, -0.2) is 18.4 Å². The highest BCUT2D eigenvalue weighted by Gasteiger charge is 2.29. The zero-order chi connectivity index (χ0) is 19.4. The minimum absolute atomic E-state index is 0.0830. The SMILES string of the molecule is CCc1cccc(C)c1NC(=O)CNc1cccc(NC(=O)C2CC2)c1C. The summed E-state index contributed by atoms with van der Waals surface area (Å²) in [5.74, 6) is 0.152. The van der Waals surface area contributed by atoms with Gasteiger partial charge in [0, 0.05) is 23.0 Å². The summed E-state index contributed by atoms with van der Waals surface area (Å²) >= 11 is 0. The van der Waals surface area contributed by atoms with E-state index in [4.69, 9.17) is 0 Å². The Kier molecular flexibility index (Phi) is 5.79. The molecule has 2 aromatic rings. The summed E-state index contributed by atoms with van der Waals surface area (Å²) in [7, 11) is 0. The third-order valence-corrected chi connectivity index (χ3v) is 4.98. The van der Waals surface area contributed by atoms with Gasteiger partial charge in [-0.2, -0.15) is 0 Å². The number of anilines is 3. The Morgan fingerprint density at radius 3 is 2.41 bits per heavy atom. The maximum atomic E-state index is 12.4. The van der Waals surface area contributed by atoms with Crippen LogP contribution in [0.25, 0.3) is 0 Å². The van der Waals surface area contributed by atoms with Gasteiger partial charge in [0.2, 0.25) is 11.8 Å². The predicted molar refractivity (Wildman–Crippen MR) is 110 cm³/mol. The molecule has 142 valence electrons. The summed E-state index contributed by atoms with van der Waals surface area (Å²) in [6.07, 6.45) is 2.82. The number of para-hydroxylation sites is 1. The lowest BCUT2D eigenvalue weighted by Gasteiger charge is -2.16. The van der Waals surface area contributed by atoms with Gasteiger partial charge in [-0.1, -0.05) is 31.2 Å². The van der Waals surface area contributed by atoms with Crippen molar-refractivity contribution in [2.75, 3.05) is 22.5 Å². The van der Waals surface area contributed by atoms with Crippen molar-refractivity contribution < 1.29 is 9.59 Å². The first kappa shape index (κ1) is 19.0. The molecule has 0 spiro atoms. The summed E-state index contributed by atoms with van der Waals surface area (Å²) in [6.45, 7) is 6.18. The smallest absolute Gasteiger partial charge is 0.243 e. The molecular formula is C22H27N3O2. The molecule has 2 aromatic carbocycles. The molecule has 0 saturated heterocycles. The Balaban J connectivity index is 1.63. The molecule has 1 aliphatic rings. The third-order valence-electron chi connectivity index (χ3n) is 4.98. The lowest BCUT2D eigenvalue weighted by molar-refractivity contribution is -0.117. The second-order valence-electron chi connectivity index (χ2n) is 7.11. The fourth-order valence-corrected chi connectivity index (χ4v) is 3.10. The van der Waals surface area contributed by atoms with Gasteiger partial charge >= 0.3 is 0 Å². The average Bonchev–Trinajstić information content (AvgIpc) is 3.49. The second kappa shape index (κ2) is 8.25. The van der Waals surface area contributed by atoms with Gasteiger partial charge in [0.25, 0.3) is 0 Å². The van der Waals surface area contributed by atoms with Gasteiger partial charge < -0.3 is 16.0 Å². The zero-order valence-electron chi connectivity index (χ0n) is 16.2. The fourth-order valence-electron chi connectivity index (χ4n) is 3.10. The molecular weight excluding hydrogens is 338 g/mol. The minimum Gasteiger partial charge on any atom is -0.376 e. The fraction of sp³-hybridized carbons (Fsp3) is 0.364. The number of hydrogen-bond donors (Lipinski definition) is 3. The Bertz CT molecular complexity index is 857. The Hall–Kier alpha value is -2.82. The number of rotatable bonds is 7. The molecule has 0 heterocycles. The zero-order valence-corrected chi connectivity index (χ0v) is 16.2. The number of carbonyl (C=O) groups is 2. The van der Waals surface area contributed by atoms with Crippen LogP contribution in [0.4, 0.5) is 17.1 Å². The van der Waals surface area contributed by atoms with Crippen molar-refractivity contribution in [1.82, 2.24) is 0 Å². The van der Waals surface area contributed by atoms with E-state index in [0.29, 0.717) is 0 Å². The molecule has 27 heavy (non-hydrogen) atoms. The minimum atomic E-state index is -0.0918. The highest BCUT2D eigenvalue weighted by Crippen LogP contribution is 2.31. The molecule has 0 unspecified atom stereocenters. The third kappa shape index (κ3) is 4.67. The number of aryl methyl sites for hydroxylation is 2. The number of carbonyl (C=O) groups excluding carboxylic acids is 2. The van der Waals surface area contributed by atoms with Crippen LogP contribution in [0, 0.1) is 19.8 Å². The van der Waals surface area contributed by atoms with E-state index >= 15 is 0 Å². The van der Waals surface area contributed by atoms with Crippen LogP contribution in [0.3, 0.4) is 0 Å². The molecule has 0 aromatic heterocycles. The maximum Gasteiger partial charge on any atom is 0.243 e. The summed E-state index contributed by atoms with van der Waals surface area (Å²) < 4.78 is 0. The summed E-state index contributed by atoms with van der Waals surface area (Å²) in [5.41, 5.74) is 5.66. The lowest BCUT2D eigenvalue weighted by Crippen LogP contribution is -2.23. The van der Waals surface area contributed by atoms with Gasteiger partial charge in [-0.05, 0) is 61.9 Å². The normalized spacial score (nSPS) is 13.1. The predicted octanol–water partition coefficient (Wildman–Crippen LogP) is 4.26. The molecule has 0 atom stereocenters. The van der Waals surface area contributed by atoms with E-state index in [2.05, 4.69) is 22.9 Å². The van der Waals surface area contributed by atoms with Crippen molar-refractivity contribution in [3.63, 3.8) is 0 Å². The summed E-state index contributed by atoms with van der Waals surface area (Å²) in [5, 5.41) is 9.19. The highest BCUT2D eigenvalue weighted by molar-refractivity contribution is 5.97. The topological polar surface area (TPSA) is 70.2 Å². The van der Waals surface area contributed by atoms with E-state index in [1.54, 1.807) is 0 Å². The van der Waals surface area contributed by atoms with Gasteiger partial charge in [0.15, 0.2) is 0 Å². The van der Waals surface area contributed by atoms with Crippen LogP contribution >= 0.6 is 0 Å². The number of nitrogens with one attached hydrogen (secondary N) is 3. The van der Waals surface area contributed by atoms with E-state index < -0.39 is 0 Å². The molecule has 0 bridgehead atoms. The van der Waals surface area contributed by atoms with E-state index in [0.717, 1.165) is 53.0 Å². The van der Waals surface area contributed by atoms with Gasteiger partial charge in [-0.3, -0.25) is 9.59 Å². The van der Waals surface area contributed by atoms with Crippen molar-refractivity contribution in [2.24, 2.45) is 5.92 Å². The molecule has 1 fully saturated rings. The molecule has 5 nitrogen and oxygen atoms in total. The summed E-state index contributed by atoms with van der Waals surface area (Å²) in [4.78, 5) is 24.4. The molecule has 2 amide bonds. The molecule has 0 aliphatic heterocycles. The van der Waals surface area contributed by atoms with Gasteiger partial charge in [-0.15, -0.1) is 0 Å². The highest BCUT2D eigenvalue weighted by atomic mass is 16.2. The van der Waals surface area contributed by atoms with Crippen molar-refractivity contribution in [2.45, 2.75) is 40.0 Å². The van der Waals surface area contributed by atoms with Crippen molar-refractivity contribution in [1.29, 1.82) is 0 Å². The number of benzene rings is 2. The first-order chi connectivity index (χ1) is 13.0. The van der Waals surface area contributed by atoms with Crippen LogP contribution in [-0.2, 0) is 16.0 Å². The first-order valence-corrected chi connectivity index (χ1v) is 9.52. The number of amides is 2. The van der Waals surface area contributed by atoms with Crippen LogP contribution in [0.5, 0.6) is 0 Å². The van der Waals surface area contributed by atoms with E-state index in [1.165, 1.54) is 0 Å². The molecule has 5 heteroatoms. The standard InChI is InChI=1S/C22H27N3O2/c1-4-16-8-5-7-14(2)21(16)25-20(26)13-23-18-9-6-10-19(15(18)3)24-22(27)17-11-12-17/h5-10,17,23H,4,11-13H2,1-3H3,(H,24,27)(H,25,26). The van der Waals surface area contributed by atoms with Crippen molar-refractivity contribution in [3.8, 4) is 0 Å². The van der Waals surface area contributed by atoms with Crippen LogP contribution in [0.15, 0.2) is 36.4 Å². The molecule has 1 saturated carbocycles. The average molecular weight is 365 g/mol. The molecule has 1 aliphatic carbocycles. The molecule has 0 radical (unpaired) electrons. The lowest BCUT2D eigenvalue weighted by atomic mass is 10.1. The molecule has 3 rings (SSSR count). The van der Waals surface area contributed by atoms with Gasteiger partial charge in [0.1, 0.15) is 0 Å². The first-order valence-electron chi connectivity index (χ1n) is 9.52. The van der Waals surface area contributed by atoms with Crippen LogP contribution in [0.1, 0.15) is 36.5 Å². The van der Waals surface area contributed by atoms with Gasteiger partial charge in [0.05, 0.1) is 6.54 Å². The van der Waals surface area contributed by atoms with Crippen molar-refractivity contribution >= 4 is 28.9 Å². The Morgan fingerprint density at radius 2 is 1.70 bits per heavy atom. The maximum absolute atomic E-state index is 12.4. The van der Waals surface area contributed by atoms with E-state index in [9.17, 15) is 9.59 Å². The van der Waals surface area contributed by atoms with Crippen LogP contribution in [0.2, 0.25) is 0 Å². The Morgan fingerprint density at radius 1 is 1.00 bits per heavy atom. The van der Waals surface area contributed by atoms with E-state index in [-0.39, 0.29) is 24.3 Å². The summed E-state index contributed by atoms with van der Waals surface area (Å²) in [6, 6.07) is 11.7. The Labute approximate surface area is 160 Å². The molecule has 3 N–H and O–H groups in total. The van der Waals surface area contributed by atoms with Crippen molar-refractivity contribution in [3.05, 3.63) is 53.1 Å². The second-order valence-corrected chi connectivity index (χ2v) is 7.11. The largest absolute Gasteiger partial charge is 0.376 e. The van der Waals surface area contributed by atoms with Crippen LogP contribution < -0.4 is 16.0 Å². The van der Waals surface area contributed by atoms with Gasteiger partial charge in [-0.25, -0.2) is 0 Å². The number of hydrogen-bond acceptors (Lipinski definition) is 3. The van der Waals surface area contributed by atoms with E-state index in [1.807, 2.05) is 50.2 Å².